The summed E-state index contributed by atoms with van der Waals surface area (Å²) < 4.78 is 5.05. The van der Waals surface area contributed by atoms with Crippen LogP contribution < -0.4 is 15.3 Å². The Morgan fingerprint density at radius 1 is 1.26 bits per heavy atom. The number of carbonyl (C=O) groups is 1. The van der Waals surface area contributed by atoms with Gasteiger partial charge in [-0.2, -0.15) is 5.10 Å². The lowest BCUT2D eigenvalue weighted by Gasteiger charge is -2.09. The van der Waals surface area contributed by atoms with E-state index in [9.17, 15) is 20.0 Å². The molecule has 2 rings (SSSR count). The first-order valence-corrected chi connectivity index (χ1v) is 6.45. The van der Waals surface area contributed by atoms with Crippen LogP contribution in [0, 0.1) is 10.1 Å². The number of nitrogens with one attached hydrogen (secondary N) is 1. The molecule has 0 aliphatic carbocycles. The molecule has 0 aliphatic heterocycles. The van der Waals surface area contributed by atoms with Gasteiger partial charge in [-0.3, -0.25) is 14.9 Å². The molecule has 0 aliphatic rings. The SMILES string of the molecule is COc1ccccc1C(=O)N/N=C\c1cccc([N+](=O)[O-])c1[O-]. The Morgan fingerprint density at radius 3 is 2.70 bits per heavy atom. The third kappa shape index (κ3) is 3.62. The maximum atomic E-state index is 12.0. The number of rotatable bonds is 5. The molecule has 1 N–H and O–H groups in total. The molecule has 0 bridgehead atoms. The highest BCUT2D eigenvalue weighted by Gasteiger charge is 2.11. The number of amides is 1. The normalized spacial score (nSPS) is 10.5. The Bertz CT molecular complexity index is 773. The minimum atomic E-state index is -0.771. The van der Waals surface area contributed by atoms with Crippen LogP contribution in [0.15, 0.2) is 47.6 Å². The van der Waals surface area contributed by atoms with E-state index >= 15 is 0 Å². The summed E-state index contributed by atoms with van der Waals surface area (Å²) in [4.78, 5) is 21.9. The third-order valence-electron chi connectivity index (χ3n) is 2.94. The van der Waals surface area contributed by atoms with Crippen LogP contribution in [0.2, 0.25) is 0 Å². The fourth-order valence-corrected chi connectivity index (χ4v) is 1.84. The molecule has 2 aromatic carbocycles. The number of nitrogens with zero attached hydrogens (tertiary/aromatic N) is 2. The second-order valence-electron chi connectivity index (χ2n) is 4.35. The molecule has 0 radical (unpaired) electrons. The van der Waals surface area contributed by atoms with Gasteiger partial charge < -0.3 is 9.84 Å². The average Bonchev–Trinajstić information content (AvgIpc) is 2.56. The van der Waals surface area contributed by atoms with Gasteiger partial charge in [0.25, 0.3) is 11.6 Å². The third-order valence-corrected chi connectivity index (χ3v) is 2.94. The van der Waals surface area contributed by atoms with Gasteiger partial charge in [-0.15, -0.1) is 0 Å². The van der Waals surface area contributed by atoms with Gasteiger partial charge in [-0.25, -0.2) is 5.43 Å². The van der Waals surface area contributed by atoms with Gasteiger partial charge in [0.05, 0.1) is 23.8 Å². The van der Waals surface area contributed by atoms with Crippen molar-refractivity contribution in [3.63, 3.8) is 0 Å². The fourth-order valence-electron chi connectivity index (χ4n) is 1.84. The summed E-state index contributed by atoms with van der Waals surface area (Å²) >= 11 is 0. The molecule has 0 saturated carbocycles. The molecule has 0 atom stereocenters. The Balaban J connectivity index is 2.15. The van der Waals surface area contributed by atoms with Crippen molar-refractivity contribution in [2.75, 3.05) is 7.11 Å². The lowest BCUT2D eigenvalue weighted by atomic mass is 10.2. The number of benzene rings is 2. The molecule has 0 fully saturated rings. The minimum absolute atomic E-state index is 0.000438. The highest BCUT2D eigenvalue weighted by molar-refractivity contribution is 5.97. The maximum absolute atomic E-state index is 12.0. The van der Waals surface area contributed by atoms with Crippen LogP contribution in [0.3, 0.4) is 0 Å². The molecule has 1 amide bonds. The quantitative estimate of drug-likeness (QED) is 0.509. The average molecular weight is 314 g/mol. The molecule has 0 saturated heterocycles. The first-order valence-electron chi connectivity index (χ1n) is 6.45. The minimum Gasteiger partial charge on any atom is -0.867 e. The van der Waals surface area contributed by atoms with Gasteiger partial charge >= 0.3 is 0 Å². The summed E-state index contributed by atoms with van der Waals surface area (Å²) in [5, 5.41) is 26.1. The number of para-hydroxylation sites is 2. The predicted octanol–water partition coefficient (Wildman–Crippen LogP) is 1.44. The van der Waals surface area contributed by atoms with Gasteiger partial charge in [0.1, 0.15) is 5.75 Å². The van der Waals surface area contributed by atoms with Gasteiger partial charge in [0.2, 0.25) is 0 Å². The molecular weight excluding hydrogens is 302 g/mol. The number of carbonyl (C=O) groups excluding carboxylic acids is 1. The highest BCUT2D eigenvalue weighted by Crippen LogP contribution is 2.25. The van der Waals surface area contributed by atoms with E-state index in [4.69, 9.17) is 4.74 Å². The van der Waals surface area contributed by atoms with Crippen LogP contribution in [0.25, 0.3) is 0 Å². The smallest absolute Gasteiger partial charge is 0.275 e. The lowest BCUT2D eigenvalue weighted by molar-refractivity contribution is -0.398. The van der Waals surface area contributed by atoms with E-state index in [1.807, 2.05) is 0 Å². The highest BCUT2D eigenvalue weighted by atomic mass is 16.6. The molecule has 0 spiro atoms. The number of hydrazone groups is 1. The maximum Gasteiger partial charge on any atom is 0.275 e. The zero-order valence-electron chi connectivity index (χ0n) is 12.1. The van der Waals surface area contributed by atoms with Crippen LogP contribution in [0.4, 0.5) is 5.69 Å². The van der Waals surface area contributed by atoms with Gasteiger partial charge in [-0.1, -0.05) is 24.3 Å². The first kappa shape index (κ1) is 16.0. The van der Waals surface area contributed by atoms with Gasteiger partial charge in [0, 0.05) is 6.07 Å². The first-order chi connectivity index (χ1) is 11.0. The van der Waals surface area contributed by atoms with E-state index in [0.717, 1.165) is 12.3 Å². The molecule has 23 heavy (non-hydrogen) atoms. The number of nitro benzene ring substituents is 1. The van der Waals surface area contributed by atoms with E-state index in [2.05, 4.69) is 10.5 Å². The second-order valence-corrected chi connectivity index (χ2v) is 4.35. The predicted molar refractivity (Wildman–Crippen MR) is 80.6 cm³/mol. The number of hydrogen-bond donors (Lipinski definition) is 1. The summed E-state index contributed by atoms with van der Waals surface area (Å²) in [6.07, 6.45) is 1.06. The van der Waals surface area contributed by atoms with Crippen molar-refractivity contribution in [3.05, 3.63) is 63.7 Å². The number of hydrogen-bond acceptors (Lipinski definition) is 6. The second kappa shape index (κ2) is 7.03. The zero-order valence-corrected chi connectivity index (χ0v) is 12.1. The van der Waals surface area contributed by atoms with Crippen LogP contribution in [0.5, 0.6) is 11.5 Å². The Kier molecular flexibility index (Phi) is 4.88. The summed E-state index contributed by atoms with van der Waals surface area (Å²) in [5.74, 6) is -0.926. The number of ether oxygens (including phenoxy) is 1. The van der Waals surface area contributed by atoms with Crippen molar-refractivity contribution < 1.29 is 19.6 Å². The topological polar surface area (TPSA) is 117 Å². The van der Waals surface area contributed by atoms with Crippen LogP contribution in [-0.2, 0) is 0 Å². The monoisotopic (exact) mass is 314 g/mol. The van der Waals surface area contributed by atoms with E-state index < -0.39 is 22.3 Å². The van der Waals surface area contributed by atoms with Crippen molar-refractivity contribution in [1.82, 2.24) is 5.43 Å². The summed E-state index contributed by atoms with van der Waals surface area (Å²) in [5.41, 5.74) is 1.96. The largest absolute Gasteiger partial charge is 0.867 e. The molecule has 118 valence electrons. The van der Waals surface area contributed by atoms with Crippen molar-refractivity contribution in [2.45, 2.75) is 0 Å². The van der Waals surface area contributed by atoms with Crippen LogP contribution in [0.1, 0.15) is 15.9 Å². The van der Waals surface area contributed by atoms with E-state index in [-0.39, 0.29) is 11.1 Å². The molecular formula is C15H12N3O5-. The van der Waals surface area contributed by atoms with E-state index in [0.29, 0.717) is 5.75 Å². The Labute approximate surface area is 131 Å². The van der Waals surface area contributed by atoms with Crippen molar-refractivity contribution in [3.8, 4) is 11.5 Å². The summed E-state index contributed by atoms with van der Waals surface area (Å²) in [7, 11) is 1.43. The molecule has 0 unspecified atom stereocenters. The Morgan fingerprint density at radius 2 is 2.00 bits per heavy atom. The summed E-state index contributed by atoms with van der Waals surface area (Å²) in [6.45, 7) is 0. The van der Waals surface area contributed by atoms with E-state index in [1.54, 1.807) is 24.3 Å². The van der Waals surface area contributed by atoms with Crippen molar-refractivity contribution in [2.24, 2.45) is 5.10 Å². The number of nitro groups is 1. The Hall–Kier alpha value is -3.42. The molecule has 8 nitrogen and oxygen atoms in total. The fraction of sp³-hybridized carbons (Fsp3) is 0.0667. The summed E-state index contributed by atoms with van der Waals surface area (Å²) in [6, 6.07) is 10.4. The lowest BCUT2D eigenvalue weighted by Crippen LogP contribution is -2.18. The standard InChI is InChI=1S/C15H13N3O5/c1-23-13-8-3-2-6-11(13)15(20)17-16-9-10-5-4-7-12(14(10)19)18(21)22/h2-9,19H,1H3,(H,17,20)/p-1/b16-9-. The molecule has 8 heteroatoms. The van der Waals surface area contributed by atoms with Gasteiger partial charge in [0.15, 0.2) is 0 Å². The van der Waals surface area contributed by atoms with Crippen LogP contribution in [-0.4, -0.2) is 24.2 Å². The zero-order chi connectivity index (χ0) is 16.8. The number of methoxy groups -OCH3 is 1. The van der Waals surface area contributed by atoms with E-state index in [1.165, 1.54) is 19.2 Å². The van der Waals surface area contributed by atoms with Gasteiger partial charge in [-0.05, 0) is 23.4 Å². The molecule has 2 aromatic rings. The van der Waals surface area contributed by atoms with Crippen molar-refractivity contribution in [1.29, 1.82) is 0 Å². The van der Waals surface area contributed by atoms with Crippen LogP contribution >= 0.6 is 0 Å². The van der Waals surface area contributed by atoms with Crippen molar-refractivity contribution >= 4 is 17.8 Å². The molecule has 0 heterocycles. The molecule has 0 aromatic heterocycles.